The quantitative estimate of drug-likeness (QED) is 0.0236. The summed E-state index contributed by atoms with van der Waals surface area (Å²) in [6, 6.07) is -1.53. The van der Waals surface area contributed by atoms with E-state index in [9.17, 15) is 23.8 Å². The van der Waals surface area contributed by atoms with Gasteiger partial charge >= 0.3 is 25.7 Å². The number of aliphatic carboxylic acids is 1. The van der Waals surface area contributed by atoms with Crippen molar-refractivity contribution in [2.45, 2.75) is 154 Å². The van der Waals surface area contributed by atoms with Crippen LogP contribution in [-0.2, 0) is 37.5 Å². The van der Waals surface area contributed by atoms with Crippen molar-refractivity contribution in [2.24, 2.45) is 5.73 Å². The van der Waals surface area contributed by atoms with E-state index >= 15 is 0 Å². The van der Waals surface area contributed by atoms with Crippen molar-refractivity contribution in [2.75, 3.05) is 19.8 Å². The van der Waals surface area contributed by atoms with Crippen LogP contribution in [0.3, 0.4) is 0 Å². The van der Waals surface area contributed by atoms with Gasteiger partial charge in [-0.1, -0.05) is 131 Å². The summed E-state index contributed by atoms with van der Waals surface area (Å²) in [6.07, 6.45) is 46.5. The fraction of sp³-hybridized carbons (Fsp3) is 0.614. The molecule has 318 valence electrons. The Labute approximate surface area is 337 Å². The standard InChI is InChI=1S/C44H72NO10P/c1-3-5-7-9-11-13-15-17-19-20-22-24-26-28-30-32-34-36-43(47)55-40(38-53-56(50,51)54-39-41(45)44(48)49)37-52-42(46)35-33-31-29-27-25-23-21-18-16-14-12-10-8-6-4-2/h6-9,12-15,18-21,24,26,40-41H,3-5,10-11,16-17,22-23,25,27-39,45H2,1-2H3,(H,48,49)(H,50,51)/b8-6+,9-7+,14-12+,15-13+,20-19+,21-18+,26-24+/t40-,41+/m1/s1. The first-order valence-electron chi connectivity index (χ1n) is 20.6. The number of ether oxygens (including phenoxy) is 2. The second-order valence-corrected chi connectivity index (χ2v) is 14.8. The maximum Gasteiger partial charge on any atom is 0.472 e. The van der Waals surface area contributed by atoms with Crippen molar-refractivity contribution in [3.05, 3.63) is 85.1 Å². The molecular weight excluding hydrogens is 733 g/mol. The van der Waals surface area contributed by atoms with E-state index in [1.54, 1.807) is 0 Å². The second kappa shape index (κ2) is 38.5. The lowest BCUT2D eigenvalue weighted by molar-refractivity contribution is -0.161. The van der Waals surface area contributed by atoms with Gasteiger partial charge in [-0.05, 0) is 83.5 Å². The highest BCUT2D eigenvalue weighted by molar-refractivity contribution is 7.47. The summed E-state index contributed by atoms with van der Waals surface area (Å²) in [4.78, 5) is 45.9. The molecule has 3 atom stereocenters. The highest BCUT2D eigenvalue weighted by Crippen LogP contribution is 2.43. The van der Waals surface area contributed by atoms with Crippen LogP contribution in [0.1, 0.15) is 142 Å². The van der Waals surface area contributed by atoms with Gasteiger partial charge in [0.05, 0.1) is 13.2 Å². The smallest absolute Gasteiger partial charge is 0.472 e. The largest absolute Gasteiger partial charge is 0.480 e. The predicted octanol–water partition coefficient (Wildman–Crippen LogP) is 10.7. The highest BCUT2D eigenvalue weighted by atomic mass is 31.2. The lowest BCUT2D eigenvalue weighted by Crippen LogP contribution is -2.34. The molecule has 56 heavy (non-hydrogen) atoms. The number of allylic oxidation sites excluding steroid dienone is 14. The molecule has 0 aromatic rings. The first-order valence-corrected chi connectivity index (χ1v) is 22.1. The highest BCUT2D eigenvalue weighted by Gasteiger charge is 2.28. The van der Waals surface area contributed by atoms with Crippen LogP contribution < -0.4 is 5.73 Å². The topological polar surface area (TPSA) is 172 Å². The van der Waals surface area contributed by atoms with Crippen LogP contribution in [0.15, 0.2) is 85.1 Å². The molecule has 0 saturated heterocycles. The predicted molar refractivity (Wildman–Crippen MR) is 226 cm³/mol. The molecule has 0 amide bonds. The van der Waals surface area contributed by atoms with Crippen LogP contribution in [-0.4, -0.2) is 59.9 Å². The zero-order valence-electron chi connectivity index (χ0n) is 34.2. The molecule has 0 bridgehead atoms. The molecule has 12 heteroatoms. The minimum atomic E-state index is -4.73. The minimum Gasteiger partial charge on any atom is -0.480 e. The summed E-state index contributed by atoms with van der Waals surface area (Å²) in [5, 5.41) is 8.88. The van der Waals surface area contributed by atoms with Crippen LogP contribution in [0.5, 0.6) is 0 Å². The molecule has 4 N–H and O–H groups in total. The molecule has 0 radical (unpaired) electrons. The number of hydrogen-bond acceptors (Lipinski definition) is 9. The van der Waals surface area contributed by atoms with E-state index in [0.717, 1.165) is 96.3 Å². The summed E-state index contributed by atoms with van der Waals surface area (Å²) < 4.78 is 32.6. The van der Waals surface area contributed by atoms with E-state index in [2.05, 4.69) is 103 Å². The van der Waals surface area contributed by atoms with Crippen LogP contribution in [0, 0.1) is 0 Å². The van der Waals surface area contributed by atoms with Gasteiger partial charge in [-0.2, -0.15) is 0 Å². The van der Waals surface area contributed by atoms with Gasteiger partial charge in [-0.3, -0.25) is 23.4 Å². The summed E-state index contributed by atoms with van der Waals surface area (Å²) >= 11 is 0. The lowest BCUT2D eigenvalue weighted by atomic mass is 10.1. The van der Waals surface area contributed by atoms with Crippen LogP contribution in [0.2, 0.25) is 0 Å². The zero-order valence-corrected chi connectivity index (χ0v) is 35.1. The molecule has 11 nitrogen and oxygen atoms in total. The van der Waals surface area contributed by atoms with Gasteiger partial charge in [0, 0.05) is 12.8 Å². The molecule has 0 spiro atoms. The number of carboxylic acids is 1. The van der Waals surface area contributed by atoms with E-state index < -0.39 is 51.1 Å². The van der Waals surface area contributed by atoms with E-state index in [4.69, 9.17) is 24.8 Å². The summed E-state index contributed by atoms with van der Waals surface area (Å²) in [5.74, 6) is -2.46. The fourth-order valence-electron chi connectivity index (χ4n) is 4.89. The number of nitrogens with two attached hydrogens (primary N) is 1. The summed E-state index contributed by atoms with van der Waals surface area (Å²) in [7, 11) is -4.73. The van der Waals surface area contributed by atoms with Gasteiger partial charge in [-0.15, -0.1) is 0 Å². The Morgan fingerprint density at radius 2 is 1.00 bits per heavy atom. The van der Waals surface area contributed by atoms with Crippen molar-refractivity contribution >= 4 is 25.7 Å². The molecule has 0 saturated carbocycles. The third kappa shape index (κ3) is 37.6. The monoisotopic (exact) mass is 805 g/mol. The Morgan fingerprint density at radius 1 is 0.571 bits per heavy atom. The Bertz CT molecular complexity index is 1270. The average Bonchev–Trinajstić information content (AvgIpc) is 3.17. The fourth-order valence-corrected chi connectivity index (χ4v) is 5.67. The molecule has 0 aromatic heterocycles. The number of carboxylic acid groups (broad SMARTS) is 1. The molecule has 0 rings (SSSR count). The zero-order chi connectivity index (χ0) is 41.4. The van der Waals surface area contributed by atoms with Crippen molar-refractivity contribution in [1.29, 1.82) is 0 Å². The average molecular weight is 806 g/mol. The van der Waals surface area contributed by atoms with Gasteiger partial charge in [0.25, 0.3) is 0 Å². The number of phosphoric ester groups is 1. The van der Waals surface area contributed by atoms with Crippen molar-refractivity contribution < 1.29 is 47.5 Å². The number of phosphoric acid groups is 1. The molecule has 0 fully saturated rings. The van der Waals surface area contributed by atoms with E-state index in [1.807, 2.05) is 0 Å². The molecular formula is C44H72NO10P. The number of esters is 2. The SMILES string of the molecule is CC/C=C/C/C=C/C/C=C/CCCCCCCC(=O)OC[C@H](COP(=O)(O)OC[C@H](N)C(=O)O)OC(=O)CCCCC/C=C/C/C=C/C/C=C/C/C=C/CCC. The number of hydrogen-bond donors (Lipinski definition) is 3. The van der Waals surface area contributed by atoms with Gasteiger partial charge in [-0.25, -0.2) is 4.57 Å². The van der Waals surface area contributed by atoms with Crippen LogP contribution in [0.4, 0.5) is 0 Å². The normalized spacial score (nSPS) is 14.6. The minimum absolute atomic E-state index is 0.114. The van der Waals surface area contributed by atoms with Gasteiger partial charge in [0.15, 0.2) is 6.10 Å². The third-order valence-corrected chi connectivity index (χ3v) is 9.06. The number of rotatable bonds is 37. The second-order valence-electron chi connectivity index (χ2n) is 13.4. The Morgan fingerprint density at radius 3 is 1.52 bits per heavy atom. The third-order valence-electron chi connectivity index (χ3n) is 8.11. The van der Waals surface area contributed by atoms with Crippen LogP contribution >= 0.6 is 7.82 Å². The maximum absolute atomic E-state index is 12.6. The summed E-state index contributed by atoms with van der Waals surface area (Å²) in [6.45, 7) is 2.55. The maximum atomic E-state index is 12.6. The molecule has 0 aliphatic heterocycles. The van der Waals surface area contributed by atoms with E-state index in [0.29, 0.717) is 12.8 Å². The van der Waals surface area contributed by atoms with Crippen molar-refractivity contribution in [1.82, 2.24) is 0 Å². The number of unbranched alkanes of at least 4 members (excludes halogenated alkanes) is 9. The first kappa shape index (κ1) is 52.7. The first-order chi connectivity index (χ1) is 27.1. The Balaban J connectivity index is 4.51. The van der Waals surface area contributed by atoms with Crippen molar-refractivity contribution in [3.8, 4) is 0 Å². The molecule has 0 aliphatic carbocycles. The number of carbonyl (C=O) groups is 3. The molecule has 0 heterocycles. The lowest BCUT2D eigenvalue weighted by Gasteiger charge is -2.20. The van der Waals surface area contributed by atoms with Gasteiger partial charge in [0.2, 0.25) is 0 Å². The van der Waals surface area contributed by atoms with E-state index in [1.165, 1.54) is 6.42 Å². The van der Waals surface area contributed by atoms with Gasteiger partial charge in [0.1, 0.15) is 12.6 Å². The molecule has 1 unspecified atom stereocenters. The van der Waals surface area contributed by atoms with Gasteiger partial charge < -0.3 is 25.2 Å². The molecule has 0 aromatic carbocycles. The van der Waals surface area contributed by atoms with E-state index in [-0.39, 0.29) is 19.4 Å². The van der Waals surface area contributed by atoms with Crippen molar-refractivity contribution in [3.63, 3.8) is 0 Å². The Hall–Kier alpha value is -3.34. The summed E-state index contributed by atoms with van der Waals surface area (Å²) in [5.41, 5.74) is 5.32. The molecule has 0 aliphatic rings. The number of carbonyl (C=O) groups excluding carboxylic acids is 2. The van der Waals surface area contributed by atoms with Crippen LogP contribution in [0.25, 0.3) is 0 Å². The Kier molecular flexibility index (Phi) is 36.2.